The lowest BCUT2D eigenvalue weighted by molar-refractivity contribution is 0.413. The average molecular weight is 283 g/mol. The Kier molecular flexibility index (Phi) is 4.15. The Bertz CT molecular complexity index is 593. The quantitative estimate of drug-likeness (QED) is 0.885. The van der Waals surface area contributed by atoms with Crippen molar-refractivity contribution >= 4 is 0 Å². The predicted octanol–water partition coefficient (Wildman–Crippen LogP) is 3.03. The van der Waals surface area contributed by atoms with E-state index in [0.29, 0.717) is 6.04 Å². The summed E-state index contributed by atoms with van der Waals surface area (Å²) in [5.41, 5.74) is 2.37. The Morgan fingerprint density at radius 1 is 1.24 bits per heavy atom. The van der Waals surface area contributed by atoms with Crippen molar-refractivity contribution < 1.29 is 4.74 Å². The Balaban J connectivity index is 1.69. The van der Waals surface area contributed by atoms with Gasteiger partial charge in [0.15, 0.2) is 0 Å². The molecule has 1 aliphatic carbocycles. The van der Waals surface area contributed by atoms with Crippen molar-refractivity contribution in [3.8, 4) is 5.75 Å². The van der Waals surface area contributed by atoms with E-state index in [0.717, 1.165) is 29.7 Å². The van der Waals surface area contributed by atoms with E-state index in [1.165, 1.54) is 18.4 Å². The molecule has 2 aromatic rings. The number of rotatable bonds is 6. The third-order valence-corrected chi connectivity index (χ3v) is 3.91. The summed E-state index contributed by atoms with van der Waals surface area (Å²) in [6, 6.07) is 10.7. The monoisotopic (exact) mass is 283 g/mol. The molecule has 3 rings (SSSR count). The van der Waals surface area contributed by atoms with Crippen LogP contribution >= 0.6 is 0 Å². The molecule has 4 heteroatoms. The average Bonchev–Trinajstić information content (AvgIpc) is 3.33. The minimum absolute atomic E-state index is 0.395. The van der Waals surface area contributed by atoms with Crippen LogP contribution in [0.1, 0.15) is 36.0 Å². The van der Waals surface area contributed by atoms with Gasteiger partial charge in [-0.3, -0.25) is 0 Å². The second-order valence-electron chi connectivity index (χ2n) is 5.56. The minimum atomic E-state index is 0.395. The Morgan fingerprint density at radius 3 is 2.62 bits per heavy atom. The summed E-state index contributed by atoms with van der Waals surface area (Å²) < 4.78 is 5.23. The highest BCUT2D eigenvalue weighted by atomic mass is 16.5. The maximum atomic E-state index is 5.23. The van der Waals surface area contributed by atoms with Crippen LogP contribution < -0.4 is 10.1 Å². The molecule has 21 heavy (non-hydrogen) atoms. The van der Waals surface area contributed by atoms with Crippen molar-refractivity contribution in [3.05, 3.63) is 53.6 Å². The van der Waals surface area contributed by atoms with Crippen molar-refractivity contribution in [3.63, 3.8) is 0 Å². The fraction of sp³-hybridized carbons (Fsp3) is 0.412. The largest absolute Gasteiger partial charge is 0.497 e. The summed E-state index contributed by atoms with van der Waals surface area (Å²) in [5, 5.41) is 3.65. The molecule has 0 saturated heterocycles. The van der Waals surface area contributed by atoms with Gasteiger partial charge in [0, 0.05) is 18.8 Å². The van der Waals surface area contributed by atoms with Crippen molar-refractivity contribution in [2.24, 2.45) is 5.92 Å². The lowest BCUT2D eigenvalue weighted by Crippen LogP contribution is -2.23. The predicted molar refractivity (Wildman–Crippen MR) is 82.1 cm³/mol. The molecule has 1 aliphatic rings. The van der Waals surface area contributed by atoms with E-state index in [1.807, 2.05) is 31.3 Å². The zero-order valence-electron chi connectivity index (χ0n) is 12.5. The molecule has 1 aromatic carbocycles. The summed E-state index contributed by atoms with van der Waals surface area (Å²) in [7, 11) is 1.70. The topological polar surface area (TPSA) is 47.0 Å². The van der Waals surface area contributed by atoms with Gasteiger partial charge in [-0.25, -0.2) is 9.97 Å². The number of nitrogens with one attached hydrogen (secondary N) is 1. The van der Waals surface area contributed by atoms with Crippen LogP contribution in [0.3, 0.4) is 0 Å². The number of nitrogens with zero attached hydrogens (tertiary/aromatic N) is 2. The first kappa shape index (κ1) is 14.0. The summed E-state index contributed by atoms with van der Waals surface area (Å²) >= 11 is 0. The SMILES string of the molecule is COc1ccc(C(NCc2ccnc(C)n2)C2CC2)cc1. The molecule has 4 nitrogen and oxygen atoms in total. The molecule has 1 N–H and O–H groups in total. The number of aromatic nitrogens is 2. The molecule has 0 aliphatic heterocycles. The first-order chi connectivity index (χ1) is 10.3. The summed E-state index contributed by atoms with van der Waals surface area (Å²) in [4.78, 5) is 8.59. The van der Waals surface area contributed by atoms with Gasteiger partial charge in [0.05, 0.1) is 12.8 Å². The van der Waals surface area contributed by atoms with Gasteiger partial charge in [-0.1, -0.05) is 12.1 Å². The van der Waals surface area contributed by atoms with E-state index >= 15 is 0 Å². The molecule has 0 spiro atoms. The van der Waals surface area contributed by atoms with Crippen LogP contribution in [0.15, 0.2) is 36.5 Å². The number of ether oxygens (including phenoxy) is 1. The molecule has 1 atom stereocenters. The Labute approximate surface area is 125 Å². The highest BCUT2D eigenvalue weighted by molar-refractivity contribution is 5.30. The van der Waals surface area contributed by atoms with Gasteiger partial charge in [0.2, 0.25) is 0 Å². The van der Waals surface area contributed by atoms with Gasteiger partial charge >= 0.3 is 0 Å². The Morgan fingerprint density at radius 2 is 2.00 bits per heavy atom. The fourth-order valence-corrected chi connectivity index (χ4v) is 2.62. The normalized spacial score (nSPS) is 15.7. The van der Waals surface area contributed by atoms with Crippen LogP contribution in [-0.2, 0) is 6.54 Å². The minimum Gasteiger partial charge on any atom is -0.497 e. The first-order valence-corrected chi connectivity index (χ1v) is 7.42. The van der Waals surface area contributed by atoms with E-state index in [2.05, 4.69) is 27.4 Å². The number of methoxy groups -OCH3 is 1. The van der Waals surface area contributed by atoms with Crippen molar-refractivity contribution in [2.45, 2.75) is 32.4 Å². The molecule has 0 amide bonds. The van der Waals surface area contributed by atoms with Crippen LogP contribution in [0.4, 0.5) is 0 Å². The number of benzene rings is 1. The maximum absolute atomic E-state index is 5.23. The van der Waals surface area contributed by atoms with Gasteiger partial charge in [-0.2, -0.15) is 0 Å². The van der Waals surface area contributed by atoms with E-state index < -0.39 is 0 Å². The van der Waals surface area contributed by atoms with E-state index in [4.69, 9.17) is 4.74 Å². The third kappa shape index (κ3) is 3.58. The molecule has 1 saturated carbocycles. The standard InChI is InChI=1S/C17H21N3O/c1-12-18-10-9-15(20-12)11-19-17(13-3-4-13)14-5-7-16(21-2)8-6-14/h5-10,13,17,19H,3-4,11H2,1-2H3. The van der Waals surface area contributed by atoms with Crippen LogP contribution in [-0.4, -0.2) is 17.1 Å². The van der Waals surface area contributed by atoms with Crippen LogP contribution in [0.25, 0.3) is 0 Å². The second kappa shape index (κ2) is 6.22. The van der Waals surface area contributed by atoms with Gasteiger partial charge in [0.1, 0.15) is 11.6 Å². The smallest absolute Gasteiger partial charge is 0.125 e. The molecular formula is C17H21N3O. The lowest BCUT2D eigenvalue weighted by Gasteiger charge is -2.19. The van der Waals surface area contributed by atoms with Crippen LogP contribution in [0.2, 0.25) is 0 Å². The zero-order chi connectivity index (χ0) is 14.7. The molecule has 1 fully saturated rings. The highest BCUT2D eigenvalue weighted by Gasteiger charge is 2.31. The highest BCUT2D eigenvalue weighted by Crippen LogP contribution is 2.41. The molecule has 0 radical (unpaired) electrons. The molecule has 1 unspecified atom stereocenters. The van der Waals surface area contributed by atoms with Crippen LogP contribution in [0.5, 0.6) is 5.75 Å². The second-order valence-corrected chi connectivity index (χ2v) is 5.56. The van der Waals surface area contributed by atoms with E-state index in [-0.39, 0.29) is 0 Å². The van der Waals surface area contributed by atoms with Gasteiger partial charge in [-0.15, -0.1) is 0 Å². The lowest BCUT2D eigenvalue weighted by atomic mass is 10.0. The number of hydrogen-bond acceptors (Lipinski definition) is 4. The number of hydrogen-bond donors (Lipinski definition) is 1. The van der Waals surface area contributed by atoms with Crippen molar-refractivity contribution in [2.75, 3.05) is 7.11 Å². The Hall–Kier alpha value is -1.94. The fourth-order valence-electron chi connectivity index (χ4n) is 2.62. The molecule has 0 bridgehead atoms. The zero-order valence-corrected chi connectivity index (χ0v) is 12.5. The van der Waals surface area contributed by atoms with Crippen molar-refractivity contribution in [1.29, 1.82) is 0 Å². The molecular weight excluding hydrogens is 262 g/mol. The third-order valence-electron chi connectivity index (χ3n) is 3.91. The first-order valence-electron chi connectivity index (χ1n) is 7.42. The van der Waals surface area contributed by atoms with Gasteiger partial charge < -0.3 is 10.1 Å². The number of aryl methyl sites for hydroxylation is 1. The molecule has 1 aromatic heterocycles. The maximum Gasteiger partial charge on any atom is 0.125 e. The summed E-state index contributed by atoms with van der Waals surface area (Å²) in [5.74, 6) is 2.46. The van der Waals surface area contributed by atoms with Crippen LogP contribution in [0, 0.1) is 12.8 Å². The van der Waals surface area contributed by atoms with Gasteiger partial charge in [0.25, 0.3) is 0 Å². The molecule has 1 heterocycles. The summed E-state index contributed by atoms with van der Waals surface area (Å²) in [6.45, 7) is 2.70. The van der Waals surface area contributed by atoms with Gasteiger partial charge in [-0.05, 0) is 49.4 Å². The van der Waals surface area contributed by atoms with Crippen molar-refractivity contribution in [1.82, 2.24) is 15.3 Å². The van der Waals surface area contributed by atoms with E-state index in [9.17, 15) is 0 Å². The molecule has 110 valence electrons. The van der Waals surface area contributed by atoms with E-state index in [1.54, 1.807) is 7.11 Å². The summed E-state index contributed by atoms with van der Waals surface area (Å²) in [6.07, 6.45) is 4.41.